The Labute approximate surface area is 174 Å². The lowest BCUT2D eigenvalue weighted by Gasteiger charge is -2.06. The number of hydrogen-bond donors (Lipinski definition) is 1. The zero-order valence-corrected chi connectivity index (χ0v) is 17.5. The third-order valence-electron chi connectivity index (χ3n) is 3.63. The fourth-order valence-electron chi connectivity index (χ4n) is 2.27. The van der Waals surface area contributed by atoms with Crippen LogP contribution in [0.2, 0.25) is 10.0 Å². The van der Waals surface area contributed by atoms with Crippen molar-refractivity contribution < 1.29 is 0 Å². The summed E-state index contributed by atoms with van der Waals surface area (Å²) in [6.07, 6.45) is 1.67. The lowest BCUT2D eigenvalue weighted by Crippen LogP contribution is -1.93. The van der Waals surface area contributed by atoms with Crippen LogP contribution in [0.25, 0.3) is 16.8 Å². The molecule has 26 heavy (non-hydrogen) atoms. The van der Waals surface area contributed by atoms with Crippen molar-refractivity contribution in [3.05, 3.63) is 73.1 Å². The molecular formula is C19H12BrCl2N3S. The maximum atomic E-state index is 9.49. The van der Waals surface area contributed by atoms with Gasteiger partial charge in [-0.25, -0.2) is 4.98 Å². The van der Waals surface area contributed by atoms with Gasteiger partial charge in [-0.3, -0.25) is 0 Å². The van der Waals surface area contributed by atoms with Gasteiger partial charge in [0.25, 0.3) is 0 Å². The first-order valence-corrected chi connectivity index (χ1v) is 9.95. The molecule has 7 heteroatoms. The van der Waals surface area contributed by atoms with Gasteiger partial charge in [-0.15, -0.1) is 11.3 Å². The fourth-order valence-corrected chi connectivity index (χ4v) is 3.83. The van der Waals surface area contributed by atoms with Crippen LogP contribution >= 0.6 is 50.5 Å². The van der Waals surface area contributed by atoms with E-state index in [9.17, 15) is 5.26 Å². The van der Waals surface area contributed by atoms with E-state index in [0.717, 1.165) is 27.0 Å². The van der Waals surface area contributed by atoms with Crippen LogP contribution < -0.4 is 5.32 Å². The molecular weight excluding hydrogens is 453 g/mol. The first-order chi connectivity index (χ1) is 12.5. The van der Waals surface area contributed by atoms with E-state index in [0.29, 0.717) is 20.6 Å². The van der Waals surface area contributed by atoms with Crippen molar-refractivity contribution in [1.29, 1.82) is 5.26 Å². The summed E-state index contributed by atoms with van der Waals surface area (Å²) in [7, 11) is 0. The molecule has 0 aliphatic heterocycles. The van der Waals surface area contributed by atoms with Crippen LogP contribution in [0.5, 0.6) is 0 Å². The molecule has 130 valence electrons. The number of nitriles is 1. The molecule has 0 unspecified atom stereocenters. The van der Waals surface area contributed by atoms with Gasteiger partial charge in [-0.2, -0.15) is 5.26 Å². The monoisotopic (exact) mass is 463 g/mol. The second kappa shape index (κ2) is 8.24. The number of halogens is 3. The van der Waals surface area contributed by atoms with Crippen LogP contribution in [0.3, 0.4) is 0 Å². The van der Waals surface area contributed by atoms with Crippen molar-refractivity contribution >= 4 is 61.7 Å². The summed E-state index contributed by atoms with van der Waals surface area (Å²) < 4.78 is 1.01. The standard InChI is InChI=1S/C19H12BrCl2N3S/c1-11-6-14(20)3-5-17(11)24-9-13(8-23)19-25-18(10-26-19)12-2-4-15(21)16(22)7-12/h2-7,9-10,24H,1H3/b13-9+. The van der Waals surface area contributed by atoms with E-state index in [4.69, 9.17) is 23.2 Å². The number of nitrogens with zero attached hydrogens (tertiary/aromatic N) is 2. The van der Waals surface area contributed by atoms with E-state index in [1.807, 2.05) is 36.6 Å². The molecule has 0 saturated carbocycles. The van der Waals surface area contributed by atoms with E-state index in [-0.39, 0.29) is 0 Å². The van der Waals surface area contributed by atoms with E-state index in [1.54, 1.807) is 18.3 Å². The summed E-state index contributed by atoms with van der Waals surface area (Å²) in [6.45, 7) is 2.00. The maximum absolute atomic E-state index is 9.49. The Morgan fingerprint density at radius 2 is 2.04 bits per heavy atom. The Morgan fingerprint density at radius 1 is 1.23 bits per heavy atom. The number of rotatable bonds is 4. The number of nitrogens with one attached hydrogen (secondary N) is 1. The van der Waals surface area contributed by atoms with Crippen molar-refractivity contribution in [2.24, 2.45) is 0 Å². The Balaban J connectivity index is 1.86. The van der Waals surface area contributed by atoms with Crippen molar-refractivity contribution in [1.82, 2.24) is 4.98 Å². The largest absolute Gasteiger partial charge is 0.360 e. The molecule has 1 N–H and O–H groups in total. The molecule has 0 spiro atoms. The SMILES string of the molecule is Cc1cc(Br)ccc1N/C=C(\C#N)c1nc(-c2ccc(Cl)c(Cl)c2)cs1. The smallest absolute Gasteiger partial charge is 0.136 e. The fraction of sp³-hybridized carbons (Fsp3) is 0.0526. The third-order valence-corrected chi connectivity index (χ3v) is 5.74. The Kier molecular flexibility index (Phi) is 6.00. The minimum absolute atomic E-state index is 0.462. The Bertz CT molecular complexity index is 1040. The van der Waals surface area contributed by atoms with Crippen LogP contribution in [0.1, 0.15) is 10.6 Å². The third kappa shape index (κ3) is 4.28. The summed E-state index contributed by atoms with van der Waals surface area (Å²) in [5, 5.41) is 16.2. The van der Waals surface area contributed by atoms with E-state index >= 15 is 0 Å². The van der Waals surface area contributed by atoms with Crippen molar-refractivity contribution in [3.63, 3.8) is 0 Å². The first-order valence-electron chi connectivity index (χ1n) is 7.52. The number of anilines is 1. The zero-order valence-electron chi connectivity index (χ0n) is 13.6. The zero-order chi connectivity index (χ0) is 18.7. The predicted molar refractivity (Wildman–Crippen MR) is 114 cm³/mol. The number of benzene rings is 2. The Hall–Kier alpha value is -1.84. The van der Waals surface area contributed by atoms with Gasteiger partial charge in [-0.05, 0) is 42.8 Å². The molecule has 3 nitrogen and oxygen atoms in total. The first kappa shape index (κ1) is 18.9. The van der Waals surface area contributed by atoms with Crippen LogP contribution in [0, 0.1) is 18.3 Å². The van der Waals surface area contributed by atoms with Crippen molar-refractivity contribution in [3.8, 4) is 17.3 Å². The number of aryl methyl sites for hydroxylation is 1. The minimum Gasteiger partial charge on any atom is -0.360 e. The highest BCUT2D eigenvalue weighted by atomic mass is 79.9. The highest BCUT2D eigenvalue weighted by Gasteiger charge is 2.10. The van der Waals surface area contributed by atoms with E-state index in [2.05, 4.69) is 32.3 Å². The quantitative estimate of drug-likeness (QED) is 0.416. The highest BCUT2D eigenvalue weighted by molar-refractivity contribution is 9.10. The average Bonchev–Trinajstić information content (AvgIpc) is 3.09. The minimum atomic E-state index is 0.462. The van der Waals surface area contributed by atoms with Crippen LogP contribution in [-0.2, 0) is 0 Å². The molecule has 0 fully saturated rings. The summed E-state index contributed by atoms with van der Waals surface area (Å²) in [4.78, 5) is 4.55. The van der Waals surface area contributed by atoms with E-state index in [1.165, 1.54) is 11.3 Å². The van der Waals surface area contributed by atoms with Gasteiger partial charge in [-0.1, -0.05) is 45.2 Å². The summed E-state index contributed by atoms with van der Waals surface area (Å²) in [6, 6.07) is 13.5. The number of allylic oxidation sites excluding steroid dienone is 1. The van der Waals surface area contributed by atoms with E-state index < -0.39 is 0 Å². The number of thiazole rings is 1. The molecule has 3 aromatic rings. The van der Waals surface area contributed by atoms with Crippen LogP contribution in [0.15, 0.2) is 52.5 Å². The molecule has 1 heterocycles. The summed E-state index contributed by atoms with van der Waals surface area (Å²) >= 11 is 16.9. The predicted octanol–water partition coefficient (Wildman–Crippen LogP) is 7.16. The van der Waals surface area contributed by atoms with Crippen LogP contribution in [0.4, 0.5) is 5.69 Å². The van der Waals surface area contributed by atoms with Gasteiger partial charge in [0, 0.05) is 27.3 Å². The van der Waals surface area contributed by atoms with Crippen molar-refractivity contribution in [2.75, 3.05) is 5.32 Å². The summed E-state index contributed by atoms with van der Waals surface area (Å²) in [5.74, 6) is 0. The molecule has 0 atom stereocenters. The molecule has 0 aliphatic rings. The van der Waals surface area contributed by atoms with Gasteiger partial charge in [0.05, 0.1) is 15.7 Å². The molecule has 2 aromatic carbocycles. The van der Waals surface area contributed by atoms with Gasteiger partial charge in [0.15, 0.2) is 0 Å². The normalized spacial score (nSPS) is 11.3. The number of aromatic nitrogens is 1. The summed E-state index contributed by atoms with van der Waals surface area (Å²) in [5.41, 5.74) is 4.08. The topological polar surface area (TPSA) is 48.7 Å². The molecule has 0 saturated heterocycles. The van der Waals surface area contributed by atoms with Crippen molar-refractivity contribution in [2.45, 2.75) is 6.92 Å². The average molecular weight is 465 g/mol. The molecule has 0 aliphatic carbocycles. The Morgan fingerprint density at radius 3 is 2.73 bits per heavy atom. The van der Waals surface area contributed by atoms with Gasteiger partial charge in [0.1, 0.15) is 16.6 Å². The second-order valence-corrected chi connectivity index (χ2v) is 8.03. The molecule has 0 radical (unpaired) electrons. The molecule has 3 rings (SSSR count). The van der Waals surface area contributed by atoms with Gasteiger partial charge >= 0.3 is 0 Å². The lowest BCUT2D eigenvalue weighted by molar-refractivity contribution is 1.36. The lowest BCUT2D eigenvalue weighted by atomic mass is 10.2. The van der Waals surface area contributed by atoms with Crippen LogP contribution in [-0.4, -0.2) is 4.98 Å². The maximum Gasteiger partial charge on any atom is 0.136 e. The van der Waals surface area contributed by atoms with Gasteiger partial charge < -0.3 is 5.32 Å². The van der Waals surface area contributed by atoms with Gasteiger partial charge in [0.2, 0.25) is 0 Å². The highest BCUT2D eigenvalue weighted by Crippen LogP contribution is 2.31. The number of hydrogen-bond acceptors (Lipinski definition) is 4. The molecule has 0 bridgehead atoms. The molecule has 0 amide bonds. The second-order valence-electron chi connectivity index (χ2n) is 5.44. The molecule has 1 aromatic heterocycles.